The van der Waals surface area contributed by atoms with E-state index in [0.29, 0.717) is 0 Å². The summed E-state index contributed by atoms with van der Waals surface area (Å²) in [5.41, 5.74) is -2.32. The summed E-state index contributed by atoms with van der Waals surface area (Å²) in [5.74, 6) is -0.528. The molecule has 0 unspecified atom stereocenters. The fourth-order valence-electron chi connectivity index (χ4n) is 2.06. The van der Waals surface area contributed by atoms with Crippen molar-refractivity contribution in [2.45, 2.75) is 51.7 Å². The van der Waals surface area contributed by atoms with Gasteiger partial charge in [-0.3, -0.25) is 9.59 Å². The van der Waals surface area contributed by atoms with Crippen molar-refractivity contribution < 1.29 is 19.4 Å². The number of esters is 1. The van der Waals surface area contributed by atoms with Crippen LogP contribution in [0, 0.1) is 0 Å². The first-order valence-corrected chi connectivity index (χ1v) is 6.83. The number of aromatic nitrogens is 1. The van der Waals surface area contributed by atoms with E-state index < -0.39 is 22.7 Å². The van der Waals surface area contributed by atoms with Gasteiger partial charge >= 0.3 is 5.97 Å². The van der Waals surface area contributed by atoms with E-state index in [1.54, 1.807) is 27.7 Å². The molecule has 0 saturated carbocycles. The van der Waals surface area contributed by atoms with E-state index in [-0.39, 0.29) is 24.2 Å². The van der Waals surface area contributed by atoms with Crippen LogP contribution in [0.5, 0.6) is 5.75 Å². The predicted molar refractivity (Wildman–Crippen MR) is 78.3 cm³/mol. The maximum Gasteiger partial charge on any atom is 0.309 e. The summed E-state index contributed by atoms with van der Waals surface area (Å²) in [5, 5.41) is 10.8. The molecule has 1 heterocycles. The Hall–Kier alpha value is -1.82. The predicted octanol–water partition coefficient (Wildman–Crippen LogP) is 1.71. The van der Waals surface area contributed by atoms with Crippen molar-refractivity contribution in [1.82, 2.24) is 4.98 Å². The Balaban J connectivity index is 3.14. The maximum atomic E-state index is 12.0. The van der Waals surface area contributed by atoms with E-state index in [4.69, 9.17) is 9.47 Å². The third-order valence-corrected chi connectivity index (χ3v) is 3.06. The molecule has 0 aromatic carbocycles. The van der Waals surface area contributed by atoms with E-state index in [1.807, 2.05) is 0 Å². The van der Waals surface area contributed by atoms with Crippen molar-refractivity contribution in [2.24, 2.45) is 0 Å². The minimum Gasteiger partial charge on any atom is -0.491 e. The van der Waals surface area contributed by atoms with Crippen molar-refractivity contribution in [3.05, 3.63) is 28.2 Å². The van der Waals surface area contributed by atoms with Crippen LogP contribution in [-0.4, -0.2) is 28.8 Å². The number of carbonyl (C=O) groups excluding carboxylic acids is 1. The van der Waals surface area contributed by atoms with Crippen LogP contribution in [0.1, 0.15) is 46.1 Å². The average molecular weight is 297 g/mol. The highest BCUT2D eigenvalue weighted by Gasteiger charge is 2.35. The Morgan fingerprint density at radius 2 is 2.00 bits per heavy atom. The van der Waals surface area contributed by atoms with Crippen molar-refractivity contribution in [2.75, 3.05) is 7.11 Å². The number of hydrogen-bond donors (Lipinski definition) is 2. The molecule has 0 aliphatic heterocycles. The fraction of sp³-hybridized carbons (Fsp3) is 0.600. The molecule has 1 atom stereocenters. The molecule has 0 aliphatic rings. The lowest BCUT2D eigenvalue weighted by Gasteiger charge is -2.29. The number of rotatable bonds is 5. The van der Waals surface area contributed by atoms with Crippen LogP contribution in [0.15, 0.2) is 17.1 Å². The molecule has 6 heteroatoms. The lowest BCUT2D eigenvalue weighted by molar-refractivity contribution is -0.161. The van der Waals surface area contributed by atoms with E-state index >= 15 is 0 Å². The first kappa shape index (κ1) is 17.2. The van der Waals surface area contributed by atoms with Crippen LogP contribution in [0.25, 0.3) is 0 Å². The van der Waals surface area contributed by atoms with Gasteiger partial charge in [-0.2, -0.15) is 0 Å². The van der Waals surface area contributed by atoms with Gasteiger partial charge in [-0.1, -0.05) is 6.92 Å². The first-order valence-electron chi connectivity index (χ1n) is 6.83. The fourth-order valence-corrected chi connectivity index (χ4v) is 2.06. The number of aromatic amines is 1. The van der Waals surface area contributed by atoms with Gasteiger partial charge in [-0.25, -0.2) is 0 Å². The van der Waals surface area contributed by atoms with Crippen LogP contribution in [0.2, 0.25) is 0 Å². The summed E-state index contributed by atoms with van der Waals surface area (Å²) < 4.78 is 10.3. The molecule has 2 N–H and O–H groups in total. The second kappa shape index (κ2) is 6.30. The number of methoxy groups -OCH3 is 1. The van der Waals surface area contributed by atoms with Crippen LogP contribution < -0.4 is 10.3 Å². The molecule has 0 saturated heterocycles. The number of ether oxygens (including phenoxy) is 2. The van der Waals surface area contributed by atoms with Gasteiger partial charge in [0.25, 0.3) is 5.56 Å². The number of H-pyrrole nitrogens is 1. The highest BCUT2D eigenvalue weighted by molar-refractivity contribution is 5.71. The third-order valence-electron chi connectivity index (χ3n) is 3.06. The van der Waals surface area contributed by atoms with Gasteiger partial charge < -0.3 is 19.6 Å². The SMILES string of the molecule is CC[C@@](O)(CC(=O)OC(C)(C)C)c1cc[nH]c(=O)c1OC. The number of pyridine rings is 1. The van der Waals surface area contributed by atoms with Crippen molar-refractivity contribution in [3.63, 3.8) is 0 Å². The molecule has 0 amide bonds. The zero-order chi connectivity index (χ0) is 16.3. The van der Waals surface area contributed by atoms with Gasteiger partial charge in [0.1, 0.15) is 11.2 Å². The lowest BCUT2D eigenvalue weighted by Crippen LogP contribution is -2.34. The largest absolute Gasteiger partial charge is 0.491 e. The van der Waals surface area contributed by atoms with Crippen molar-refractivity contribution >= 4 is 5.97 Å². The number of hydrogen-bond acceptors (Lipinski definition) is 5. The Morgan fingerprint density at radius 3 is 2.48 bits per heavy atom. The van der Waals surface area contributed by atoms with Gasteiger partial charge in [-0.15, -0.1) is 0 Å². The second-order valence-corrected chi connectivity index (χ2v) is 5.90. The van der Waals surface area contributed by atoms with Gasteiger partial charge in [0.15, 0.2) is 5.75 Å². The Bertz CT molecular complexity index is 558. The second-order valence-electron chi connectivity index (χ2n) is 5.90. The number of nitrogens with one attached hydrogen (secondary N) is 1. The third kappa shape index (κ3) is 4.32. The molecule has 1 aromatic rings. The first-order chi connectivity index (χ1) is 9.63. The summed E-state index contributed by atoms with van der Waals surface area (Å²) >= 11 is 0. The smallest absolute Gasteiger partial charge is 0.309 e. The summed E-state index contributed by atoms with van der Waals surface area (Å²) in [6.07, 6.45) is 1.41. The van der Waals surface area contributed by atoms with Gasteiger partial charge in [-0.05, 0) is 33.3 Å². The highest BCUT2D eigenvalue weighted by atomic mass is 16.6. The monoisotopic (exact) mass is 297 g/mol. The summed E-state index contributed by atoms with van der Waals surface area (Å²) in [6.45, 7) is 6.99. The molecule has 0 spiro atoms. The molecule has 1 rings (SSSR count). The van der Waals surface area contributed by atoms with Crippen LogP contribution in [0.3, 0.4) is 0 Å². The van der Waals surface area contributed by atoms with Gasteiger partial charge in [0, 0.05) is 11.8 Å². The van der Waals surface area contributed by atoms with Crippen LogP contribution in [-0.2, 0) is 15.1 Å². The topological polar surface area (TPSA) is 88.6 Å². The number of aliphatic hydroxyl groups is 1. The minimum absolute atomic E-state index is 0.00501. The standard InChI is InChI=1S/C15H23NO5/c1-6-15(19,9-11(17)21-14(2,3)4)10-7-8-16-13(18)12(10)20-5/h7-8,19H,6,9H2,1-5H3,(H,16,18)/t15-/m1/s1. The summed E-state index contributed by atoms with van der Waals surface area (Å²) in [7, 11) is 1.34. The zero-order valence-corrected chi connectivity index (χ0v) is 13.1. The molecular formula is C15H23NO5. The molecule has 118 valence electrons. The maximum absolute atomic E-state index is 12.0. The molecule has 21 heavy (non-hydrogen) atoms. The zero-order valence-electron chi connectivity index (χ0n) is 13.1. The quantitative estimate of drug-likeness (QED) is 0.808. The van der Waals surface area contributed by atoms with Gasteiger partial charge in [0.05, 0.1) is 13.5 Å². The molecule has 0 fully saturated rings. The molecule has 0 aliphatic carbocycles. The summed E-state index contributed by atoms with van der Waals surface area (Å²) in [6, 6.07) is 1.54. The molecule has 6 nitrogen and oxygen atoms in total. The highest BCUT2D eigenvalue weighted by Crippen LogP contribution is 2.33. The normalized spacial score (nSPS) is 14.4. The summed E-state index contributed by atoms with van der Waals surface area (Å²) in [4.78, 5) is 26.2. The molecule has 1 aromatic heterocycles. The Labute approximate surface area is 124 Å². The molecular weight excluding hydrogens is 274 g/mol. The van der Waals surface area contributed by atoms with Crippen molar-refractivity contribution in [3.8, 4) is 5.75 Å². The van der Waals surface area contributed by atoms with Crippen LogP contribution >= 0.6 is 0 Å². The minimum atomic E-state index is -1.51. The molecule has 0 bridgehead atoms. The number of carbonyl (C=O) groups is 1. The average Bonchev–Trinajstić information content (AvgIpc) is 2.35. The van der Waals surface area contributed by atoms with Crippen LogP contribution in [0.4, 0.5) is 0 Å². The Kier molecular flexibility index (Phi) is 5.17. The lowest BCUT2D eigenvalue weighted by atomic mass is 9.88. The molecule has 0 radical (unpaired) electrons. The Morgan fingerprint density at radius 1 is 1.38 bits per heavy atom. The van der Waals surface area contributed by atoms with E-state index in [9.17, 15) is 14.7 Å². The van der Waals surface area contributed by atoms with Gasteiger partial charge in [0.2, 0.25) is 0 Å². The van der Waals surface area contributed by atoms with E-state index in [0.717, 1.165) is 0 Å². The van der Waals surface area contributed by atoms with E-state index in [2.05, 4.69) is 4.98 Å². The van der Waals surface area contributed by atoms with Crippen molar-refractivity contribution in [1.29, 1.82) is 0 Å². The van der Waals surface area contributed by atoms with E-state index in [1.165, 1.54) is 19.4 Å².